The van der Waals surface area contributed by atoms with Crippen LogP contribution in [0.4, 0.5) is 30.6 Å². The molecule has 0 radical (unpaired) electrons. The summed E-state index contributed by atoms with van der Waals surface area (Å²) in [5.41, 5.74) is -0.309. The van der Waals surface area contributed by atoms with Gasteiger partial charge in [0.25, 0.3) is 5.91 Å². The van der Waals surface area contributed by atoms with E-state index in [0.717, 1.165) is 37.0 Å². The van der Waals surface area contributed by atoms with Crippen LogP contribution in [0.1, 0.15) is 39.7 Å². The Kier molecular flexibility index (Phi) is 8.86. The average molecular weight is 806 g/mol. The molecule has 3 aromatic rings. The number of sulfone groups is 1. The van der Waals surface area contributed by atoms with Gasteiger partial charge in [-0.1, -0.05) is 0 Å². The van der Waals surface area contributed by atoms with Crippen molar-refractivity contribution in [2.24, 2.45) is 0 Å². The third kappa shape index (κ3) is 6.68. The van der Waals surface area contributed by atoms with E-state index < -0.39 is 33.2 Å². The molecule has 12 nitrogen and oxygen atoms in total. The number of anilines is 3. The van der Waals surface area contributed by atoms with E-state index in [9.17, 15) is 26.4 Å². The first-order valence-electron chi connectivity index (χ1n) is 15.1. The highest BCUT2D eigenvalue weighted by Crippen LogP contribution is 2.45. The smallest absolute Gasteiger partial charge is 0.378 e. The van der Waals surface area contributed by atoms with Crippen LogP contribution in [0.2, 0.25) is 0 Å². The van der Waals surface area contributed by atoms with Crippen LogP contribution in [0, 0.1) is 0 Å². The number of alkyl halides is 3. The molecule has 0 spiro atoms. The van der Waals surface area contributed by atoms with E-state index in [1.54, 1.807) is 0 Å². The fourth-order valence-corrected chi connectivity index (χ4v) is 9.36. The number of pyridine rings is 1. The highest BCUT2D eigenvalue weighted by molar-refractivity contribution is 14.1. The summed E-state index contributed by atoms with van der Waals surface area (Å²) in [5.74, 6) is -0.0560. The number of hydrogen-bond donors (Lipinski definition) is 1. The number of halogens is 4. The molecule has 1 unspecified atom stereocenters. The van der Waals surface area contributed by atoms with Crippen molar-refractivity contribution in [2.45, 2.75) is 41.9 Å². The van der Waals surface area contributed by atoms with Crippen LogP contribution in [0.5, 0.6) is 0 Å². The summed E-state index contributed by atoms with van der Waals surface area (Å²) in [7, 11) is -1.88. The van der Waals surface area contributed by atoms with Crippen LogP contribution < -0.4 is 8.43 Å². The Morgan fingerprint density at radius 1 is 1.15 bits per heavy atom. The Balaban J connectivity index is 1.21. The van der Waals surface area contributed by atoms with Gasteiger partial charge in [0.05, 0.1) is 94.0 Å². The molecule has 18 heteroatoms. The Hall–Kier alpha value is -2.65. The molecular weight excluding hydrogens is 774 g/mol. The van der Waals surface area contributed by atoms with Gasteiger partial charge in [0.15, 0.2) is 9.84 Å². The van der Waals surface area contributed by atoms with E-state index >= 15 is 0 Å². The van der Waals surface area contributed by atoms with Gasteiger partial charge < -0.3 is 19.7 Å². The summed E-state index contributed by atoms with van der Waals surface area (Å²) in [6.45, 7) is 3.41. The van der Waals surface area contributed by atoms with Gasteiger partial charge in [-0.05, 0) is 38.1 Å². The standard InChI is InChI=1S/C29H31F3IN7O5S2/c1-38-6-8-44-13-17(38)12-40(33)23-5-4-20(24(36-23)16-2-3-16)35-28-34-11-19(29(30,31)32)25(37-28)21-10-22-26(46-21)27(41)39(18-14-45-15-18)7-9-47(22,42)43/h4-5,10-11,16-18H,2-3,6-9,12-15H2,1H3,(H,34,35,37). The van der Waals surface area contributed by atoms with Crippen LogP contribution >= 0.6 is 34.2 Å². The van der Waals surface area contributed by atoms with Crippen LogP contribution in [-0.2, 0) is 25.5 Å². The molecule has 2 saturated heterocycles. The molecule has 0 bridgehead atoms. The molecule has 1 atom stereocenters. The average Bonchev–Trinajstić information content (AvgIpc) is 3.76. The fraction of sp³-hybridized carbons (Fsp3) is 0.517. The predicted octanol–water partition coefficient (Wildman–Crippen LogP) is 4.36. The SMILES string of the molecule is CN1CCOCC1CN(I)c1ccc(Nc2ncc(C(F)(F)F)c(-c3cc4c(s3)C(=O)N(C3COC3)CCS4(=O)=O)n2)c(C2CC2)n1. The van der Waals surface area contributed by atoms with Crippen molar-refractivity contribution < 1.29 is 35.9 Å². The summed E-state index contributed by atoms with van der Waals surface area (Å²) >= 11 is 2.92. The lowest BCUT2D eigenvalue weighted by Gasteiger charge is -2.36. The fourth-order valence-electron chi connectivity index (χ4n) is 5.72. The maximum Gasteiger partial charge on any atom is 0.420 e. The Morgan fingerprint density at radius 3 is 2.62 bits per heavy atom. The Labute approximate surface area is 287 Å². The lowest BCUT2D eigenvalue weighted by atomic mass is 10.2. The second-order valence-corrected chi connectivity index (χ2v) is 16.3. The number of rotatable bonds is 8. The van der Waals surface area contributed by atoms with E-state index in [2.05, 4.69) is 50.1 Å². The van der Waals surface area contributed by atoms with E-state index in [-0.39, 0.29) is 64.1 Å². The molecule has 3 aromatic heterocycles. The molecule has 47 heavy (non-hydrogen) atoms. The van der Waals surface area contributed by atoms with Gasteiger partial charge in [-0.2, -0.15) is 13.2 Å². The van der Waals surface area contributed by atoms with E-state index in [1.165, 1.54) is 4.90 Å². The van der Waals surface area contributed by atoms with E-state index in [0.29, 0.717) is 43.0 Å². The molecule has 1 amide bonds. The number of amides is 1. The molecule has 1 N–H and O–H groups in total. The summed E-state index contributed by atoms with van der Waals surface area (Å²) in [4.78, 5) is 29.8. The van der Waals surface area contributed by atoms with E-state index in [1.807, 2.05) is 15.2 Å². The second kappa shape index (κ2) is 12.7. The molecule has 1 aliphatic carbocycles. The number of ether oxygens (including phenoxy) is 2. The zero-order valence-electron chi connectivity index (χ0n) is 25.2. The molecule has 0 aromatic carbocycles. The third-order valence-corrected chi connectivity index (χ3v) is 12.6. The van der Waals surface area contributed by atoms with Crippen molar-refractivity contribution in [2.75, 3.05) is 67.3 Å². The predicted molar refractivity (Wildman–Crippen MR) is 176 cm³/mol. The van der Waals surface area contributed by atoms with Crippen LogP contribution in [0.25, 0.3) is 10.6 Å². The molecule has 6 heterocycles. The van der Waals surface area contributed by atoms with Gasteiger partial charge in [0.1, 0.15) is 16.3 Å². The minimum atomic E-state index is -4.84. The number of aromatic nitrogens is 3. The minimum absolute atomic E-state index is 0.0151. The van der Waals surface area contributed by atoms with Gasteiger partial charge in [-0.3, -0.25) is 12.8 Å². The van der Waals surface area contributed by atoms with E-state index in [4.69, 9.17) is 14.5 Å². The topological polar surface area (TPSA) is 130 Å². The Bertz CT molecular complexity index is 1800. The molecule has 3 aliphatic heterocycles. The van der Waals surface area contributed by atoms with Crippen molar-refractivity contribution in [1.29, 1.82) is 0 Å². The molecule has 252 valence electrons. The van der Waals surface area contributed by atoms with Crippen molar-refractivity contribution in [3.05, 3.63) is 40.5 Å². The Morgan fingerprint density at radius 2 is 1.94 bits per heavy atom. The number of nitrogens with one attached hydrogen (secondary N) is 1. The first-order valence-corrected chi connectivity index (χ1v) is 18.5. The monoisotopic (exact) mass is 805 g/mol. The number of nitrogens with zero attached hydrogens (tertiary/aromatic N) is 6. The van der Waals surface area contributed by atoms with Crippen molar-refractivity contribution >= 4 is 67.4 Å². The normalized spacial score (nSPS) is 22.0. The maximum atomic E-state index is 14.3. The van der Waals surface area contributed by atoms with Gasteiger partial charge in [-0.15, -0.1) is 11.3 Å². The summed E-state index contributed by atoms with van der Waals surface area (Å²) in [6, 6.07) is 4.71. The van der Waals surface area contributed by atoms with Crippen molar-refractivity contribution in [3.8, 4) is 10.6 Å². The number of morpholine rings is 1. The van der Waals surface area contributed by atoms with Crippen LogP contribution in [0.15, 0.2) is 29.3 Å². The third-order valence-electron chi connectivity index (χ3n) is 8.74. The number of hydrogen-bond acceptors (Lipinski definition) is 12. The zero-order chi connectivity index (χ0) is 33.1. The lowest BCUT2D eigenvalue weighted by Crippen LogP contribution is -2.52. The molecule has 4 aliphatic rings. The minimum Gasteiger partial charge on any atom is -0.378 e. The quantitative estimate of drug-likeness (QED) is 0.258. The van der Waals surface area contributed by atoms with Gasteiger partial charge in [-0.25, -0.2) is 23.4 Å². The van der Waals surface area contributed by atoms with Crippen molar-refractivity contribution in [1.82, 2.24) is 24.8 Å². The number of likely N-dealkylation sites (N-methyl/N-ethyl adjacent to an activating group) is 1. The maximum absolute atomic E-state index is 14.3. The number of fused-ring (bicyclic) bond motifs is 1. The molecule has 7 rings (SSSR count). The molecule has 1 saturated carbocycles. The lowest BCUT2D eigenvalue weighted by molar-refractivity contribution is -0.137. The number of thiophene rings is 1. The number of carbonyl (C=O) groups is 1. The number of carbonyl (C=O) groups excluding carboxylic acids is 1. The summed E-state index contributed by atoms with van der Waals surface area (Å²) < 4.78 is 82.0. The highest BCUT2D eigenvalue weighted by atomic mass is 127. The summed E-state index contributed by atoms with van der Waals surface area (Å²) in [6.07, 6.45) is -2.30. The first kappa shape index (κ1) is 32.9. The highest BCUT2D eigenvalue weighted by Gasteiger charge is 2.41. The van der Waals surface area contributed by atoms with Crippen LogP contribution in [0.3, 0.4) is 0 Å². The van der Waals surface area contributed by atoms with Gasteiger partial charge >= 0.3 is 6.18 Å². The molecule has 3 fully saturated rings. The van der Waals surface area contributed by atoms with Crippen LogP contribution in [-0.4, -0.2) is 110 Å². The first-order chi connectivity index (χ1) is 22.4. The molecular formula is C29H31F3IN7O5S2. The zero-order valence-corrected chi connectivity index (χ0v) is 29.0. The summed E-state index contributed by atoms with van der Waals surface area (Å²) in [5, 5.41) is 3.07. The van der Waals surface area contributed by atoms with Gasteiger partial charge in [0.2, 0.25) is 5.95 Å². The van der Waals surface area contributed by atoms with Gasteiger partial charge in [0, 0.05) is 31.7 Å². The second-order valence-electron chi connectivity index (χ2n) is 12.0. The van der Waals surface area contributed by atoms with Crippen molar-refractivity contribution in [3.63, 3.8) is 0 Å². The largest absolute Gasteiger partial charge is 0.420 e.